The van der Waals surface area contributed by atoms with Crippen molar-refractivity contribution in [3.8, 4) is 0 Å². The third kappa shape index (κ3) is 1.50. The smallest absolute Gasteiger partial charge is 0.0972 e. The Morgan fingerprint density at radius 1 is 1.89 bits per heavy atom. The molecule has 1 atom stereocenters. The highest BCUT2D eigenvalue weighted by Gasteiger charge is 2.03. The lowest BCUT2D eigenvalue weighted by atomic mass is 10.3. The third-order valence-electron chi connectivity index (χ3n) is 0.866. The molecule has 0 radical (unpaired) electrons. The molecule has 1 unspecified atom stereocenters. The molecule has 1 aromatic rings. The van der Waals surface area contributed by atoms with Gasteiger partial charge in [0.1, 0.15) is 0 Å². The summed E-state index contributed by atoms with van der Waals surface area (Å²) in [4.78, 5) is 0. The molecule has 0 spiro atoms. The minimum atomic E-state index is -0.191. The Labute approximate surface area is 62.3 Å². The summed E-state index contributed by atoms with van der Waals surface area (Å²) >= 11 is 7.01. The van der Waals surface area contributed by atoms with Crippen LogP contribution in [0.4, 0.5) is 0 Å². The lowest BCUT2D eigenvalue weighted by molar-refractivity contribution is 1.02. The zero-order valence-corrected chi connectivity index (χ0v) is 6.19. The van der Waals surface area contributed by atoms with Crippen LogP contribution in [0.5, 0.6) is 0 Å². The third-order valence-corrected chi connectivity index (χ3v) is 1.79. The van der Waals surface area contributed by atoms with Crippen LogP contribution in [0.3, 0.4) is 0 Å². The van der Waals surface area contributed by atoms with Crippen LogP contribution in [0.25, 0.3) is 0 Å². The van der Waals surface area contributed by atoms with Crippen LogP contribution in [0.2, 0.25) is 0 Å². The summed E-state index contributed by atoms with van der Waals surface area (Å²) in [5, 5.41) is 5.37. The fourth-order valence-electron chi connectivity index (χ4n) is 0.413. The topological polar surface area (TPSA) is 25.8 Å². The van der Waals surface area contributed by atoms with E-state index in [0.29, 0.717) is 0 Å². The summed E-state index contributed by atoms with van der Waals surface area (Å²) in [7, 11) is 0. The van der Waals surface area contributed by atoms with Gasteiger partial charge < -0.3 is 0 Å². The number of alkyl halides is 1. The highest BCUT2D eigenvalue weighted by molar-refractivity contribution is 7.03. The van der Waals surface area contributed by atoms with E-state index in [9.17, 15) is 0 Å². The SMILES string of the molecule is C=CC(Cl)c1csnn1. The highest BCUT2D eigenvalue weighted by Crippen LogP contribution is 2.18. The van der Waals surface area contributed by atoms with Gasteiger partial charge in [0.05, 0.1) is 11.1 Å². The van der Waals surface area contributed by atoms with Gasteiger partial charge in [-0.25, -0.2) is 0 Å². The van der Waals surface area contributed by atoms with Crippen molar-refractivity contribution in [2.24, 2.45) is 0 Å². The van der Waals surface area contributed by atoms with Crippen molar-refractivity contribution < 1.29 is 0 Å². The normalized spacial score (nSPS) is 13.0. The van der Waals surface area contributed by atoms with Gasteiger partial charge in [-0.05, 0) is 11.5 Å². The molecule has 1 heterocycles. The van der Waals surface area contributed by atoms with Gasteiger partial charge in [0.2, 0.25) is 0 Å². The Kier molecular flexibility index (Phi) is 2.19. The Morgan fingerprint density at radius 3 is 3.11 bits per heavy atom. The van der Waals surface area contributed by atoms with E-state index in [4.69, 9.17) is 11.6 Å². The number of hydrogen-bond donors (Lipinski definition) is 0. The number of aromatic nitrogens is 2. The molecule has 48 valence electrons. The molecule has 0 aliphatic heterocycles. The van der Waals surface area contributed by atoms with E-state index in [1.54, 1.807) is 11.5 Å². The molecule has 0 bridgehead atoms. The lowest BCUT2D eigenvalue weighted by Crippen LogP contribution is -1.84. The first-order valence-electron chi connectivity index (χ1n) is 2.38. The second-order valence-electron chi connectivity index (χ2n) is 1.47. The largest absolute Gasteiger partial charge is 0.141 e. The van der Waals surface area contributed by atoms with Crippen LogP contribution in [0, 0.1) is 0 Å². The number of halogens is 1. The fourth-order valence-corrected chi connectivity index (χ4v) is 1.08. The quantitative estimate of drug-likeness (QED) is 0.489. The predicted octanol–water partition coefficient (Wildman–Crippen LogP) is 2.00. The second kappa shape index (κ2) is 2.94. The Bertz CT molecular complexity index is 185. The lowest BCUT2D eigenvalue weighted by Gasteiger charge is -1.92. The van der Waals surface area contributed by atoms with Crippen molar-refractivity contribution in [1.82, 2.24) is 9.59 Å². The van der Waals surface area contributed by atoms with Crippen molar-refractivity contribution in [2.45, 2.75) is 5.38 Å². The van der Waals surface area contributed by atoms with E-state index in [-0.39, 0.29) is 5.38 Å². The van der Waals surface area contributed by atoms with Gasteiger partial charge in [-0.2, -0.15) is 0 Å². The van der Waals surface area contributed by atoms with Crippen molar-refractivity contribution in [1.29, 1.82) is 0 Å². The van der Waals surface area contributed by atoms with Crippen molar-refractivity contribution in [2.75, 3.05) is 0 Å². The van der Waals surface area contributed by atoms with E-state index in [1.165, 1.54) is 11.5 Å². The highest BCUT2D eigenvalue weighted by atomic mass is 35.5. The number of rotatable bonds is 2. The van der Waals surface area contributed by atoms with Crippen LogP contribution < -0.4 is 0 Å². The summed E-state index contributed by atoms with van der Waals surface area (Å²) in [5.41, 5.74) is 0.775. The summed E-state index contributed by atoms with van der Waals surface area (Å²) in [6.45, 7) is 3.52. The first-order valence-corrected chi connectivity index (χ1v) is 3.65. The van der Waals surface area contributed by atoms with E-state index < -0.39 is 0 Å². The molecule has 0 amide bonds. The molecule has 1 aromatic heterocycles. The second-order valence-corrected chi connectivity index (χ2v) is 2.55. The van der Waals surface area contributed by atoms with E-state index in [0.717, 1.165) is 5.69 Å². The first-order chi connectivity index (χ1) is 4.34. The molecular weight excluding hydrogens is 156 g/mol. The first kappa shape index (κ1) is 6.71. The molecule has 0 saturated heterocycles. The summed E-state index contributed by atoms with van der Waals surface area (Å²) in [5.74, 6) is 0. The van der Waals surface area contributed by atoms with Crippen LogP contribution >= 0.6 is 23.1 Å². The van der Waals surface area contributed by atoms with Gasteiger partial charge in [-0.3, -0.25) is 0 Å². The van der Waals surface area contributed by atoms with Gasteiger partial charge in [-0.15, -0.1) is 23.3 Å². The van der Waals surface area contributed by atoms with Crippen LogP contribution in [-0.2, 0) is 0 Å². The molecule has 9 heavy (non-hydrogen) atoms. The van der Waals surface area contributed by atoms with Gasteiger partial charge in [-0.1, -0.05) is 10.6 Å². The molecule has 0 fully saturated rings. The standard InChI is InChI=1S/C5H5ClN2S/c1-2-4(6)5-3-9-8-7-5/h2-4H,1H2. The molecule has 0 aliphatic carbocycles. The maximum Gasteiger partial charge on any atom is 0.0972 e. The van der Waals surface area contributed by atoms with Gasteiger partial charge in [0.25, 0.3) is 0 Å². The maximum atomic E-state index is 5.72. The van der Waals surface area contributed by atoms with Crippen LogP contribution in [0.1, 0.15) is 11.1 Å². The fraction of sp³-hybridized carbons (Fsp3) is 0.200. The van der Waals surface area contributed by atoms with Crippen LogP contribution in [0.15, 0.2) is 18.0 Å². The molecule has 0 aromatic carbocycles. The van der Waals surface area contributed by atoms with Crippen molar-refractivity contribution in [3.05, 3.63) is 23.7 Å². The number of hydrogen-bond acceptors (Lipinski definition) is 3. The number of allylic oxidation sites excluding steroid dienone is 1. The van der Waals surface area contributed by atoms with Gasteiger partial charge in [0.15, 0.2) is 0 Å². The molecule has 0 aliphatic rings. The van der Waals surface area contributed by atoms with E-state index >= 15 is 0 Å². The van der Waals surface area contributed by atoms with Gasteiger partial charge >= 0.3 is 0 Å². The van der Waals surface area contributed by atoms with Crippen molar-refractivity contribution >= 4 is 23.1 Å². The summed E-state index contributed by atoms with van der Waals surface area (Å²) < 4.78 is 3.65. The molecule has 0 N–H and O–H groups in total. The maximum absolute atomic E-state index is 5.72. The van der Waals surface area contributed by atoms with Crippen molar-refractivity contribution in [3.63, 3.8) is 0 Å². The predicted molar refractivity (Wildman–Crippen MR) is 38.7 cm³/mol. The monoisotopic (exact) mass is 160 g/mol. The number of nitrogens with zero attached hydrogens (tertiary/aromatic N) is 2. The van der Waals surface area contributed by atoms with Gasteiger partial charge in [0, 0.05) is 5.38 Å². The zero-order valence-electron chi connectivity index (χ0n) is 4.62. The zero-order chi connectivity index (χ0) is 6.69. The Morgan fingerprint density at radius 2 is 2.67 bits per heavy atom. The molecule has 0 saturated carbocycles. The minimum Gasteiger partial charge on any atom is -0.141 e. The summed E-state index contributed by atoms with van der Waals surface area (Å²) in [6.07, 6.45) is 1.62. The Balaban J connectivity index is 2.76. The molecule has 2 nitrogen and oxygen atoms in total. The summed E-state index contributed by atoms with van der Waals surface area (Å²) in [6, 6.07) is 0. The Hall–Kier alpha value is -0.410. The molecule has 1 rings (SSSR count). The average Bonchev–Trinajstić information content (AvgIpc) is 2.37. The average molecular weight is 161 g/mol. The molecular formula is C5H5ClN2S. The van der Waals surface area contributed by atoms with Crippen LogP contribution in [-0.4, -0.2) is 9.59 Å². The van der Waals surface area contributed by atoms with E-state index in [2.05, 4.69) is 16.2 Å². The minimum absolute atomic E-state index is 0.191. The van der Waals surface area contributed by atoms with E-state index in [1.807, 2.05) is 0 Å². The molecule has 4 heteroatoms.